The summed E-state index contributed by atoms with van der Waals surface area (Å²) in [7, 11) is 2.50. The third-order valence-corrected chi connectivity index (χ3v) is 12.9. The number of phenols is 6. The highest BCUT2D eigenvalue weighted by molar-refractivity contribution is 6.15. The number of H-pyrrole nitrogens is 2. The van der Waals surface area contributed by atoms with E-state index >= 15 is 0 Å². The van der Waals surface area contributed by atoms with E-state index in [0.29, 0.717) is 33.0 Å². The number of aromatic hydroxyl groups is 6. The molecular formula is C54H54N4O10. The maximum Gasteiger partial charge on any atom is 0.330 e. The normalized spacial score (nSPS) is 13.0. The third-order valence-electron chi connectivity index (χ3n) is 12.9. The smallest absolute Gasteiger partial charge is 0.330 e. The van der Waals surface area contributed by atoms with E-state index in [0.717, 1.165) is 32.9 Å². The largest absolute Gasteiger partial charge is 0.507 e. The first-order valence-electron chi connectivity index (χ1n) is 22.3. The minimum Gasteiger partial charge on any atom is -0.507 e. The van der Waals surface area contributed by atoms with Gasteiger partial charge < -0.3 is 50.1 Å². The van der Waals surface area contributed by atoms with Crippen molar-refractivity contribution in [2.24, 2.45) is 9.98 Å². The first kappa shape index (κ1) is 46.5. The Kier molecular flexibility index (Phi) is 12.6. The summed E-state index contributed by atoms with van der Waals surface area (Å²) in [5.74, 6) is -4.78. The van der Waals surface area contributed by atoms with Crippen molar-refractivity contribution in [3.8, 4) is 45.6 Å². The fraction of sp³-hybridized carbons (Fsp3) is 0.259. The predicted molar refractivity (Wildman–Crippen MR) is 265 cm³/mol. The van der Waals surface area contributed by atoms with Gasteiger partial charge in [-0.2, -0.15) is 0 Å². The number of phenolic OH excluding ortho intramolecular Hbond substituents is 6. The summed E-state index contributed by atoms with van der Waals surface area (Å²) in [5, 5.41) is 74.8. The second-order valence-electron chi connectivity index (χ2n) is 17.8. The zero-order chi connectivity index (χ0) is 48.9. The molecule has 2 heterocycles. The summed E-state index contributed by atoms with van der Waals surface area (Å²) < 4.78 is 10.3. The van der Waals surface area contributed by atoms with Crippen LogP contribution in [0.15, 0.2) is 83.0 Å². The van der Waals surface area contributed by atoms with Crippen LogP contribution in [0.2, 0.25) is 0 Å². The number of benzene rings is 6. The molecule has 14 heteroatoms. The molecule has 14 nitrogen and oxygen atoms in total. The van der Waals surface area contributed by atoms with E-state index in [-0.39, 0.29) is 69.2 Å². The maximum atomic E-state index is 13.3. The number of para-hydroxylation sites is 2. The molecule has 0 unspecified atom stereocenters. The number of esters is 2. The van der Waals surface area contributed by atoms with Gasteiger partial charge in [0, 0.05) is 104 Å². The SMILES string of the molecule is COC(=O)[C@H](Cc1c[nH]c2ccccc12)N=Cc1c(O)c(O)c(C(C)C)c2cc(C)c(-c3c(C)cc4c(C(C)C)c(O)c(O)c(C=N[C@@H](Cc5c[nH]c6ccccc56)C(=O)OC)c4c3O)c(O)c12. The monoisotopic (exact) mass is 918 g/mol. The molecule has 0 fully saturated rings. The third kappa shape index (κ3) is 7.95. The van der Waals surface area contributed by atoms with E-state index in [1.54, 1.807) is 38.4 Å². The number of rotatable bonds is 13. The molecule has 68 heavy (non-hydrogen) atoms. The zero-order valence-corrected chi connectivity index (χ0v) is 39.0. The van der Waals surface area contributed by atoms with Gasteiger partial charge in [-0.15, -0.1) is 0 Å². The lowest BCUT2D eigenvalue weighted by Crippen LogP contribution is -2.23. The van der Waals surface area contributed by atoms with Gasteiger partial charge in [0.05, 0.1) is 14.2 Å². The van der Waals surface area contributed by atoms with Crippen LogP contribution in [-0.4, -0.2) is 91.3 Å². The van der Waals surface area contributed by atoms with Crippen molar-refractivity contribution in [2.75, 3.05) is 14.2 Å². The number of ether oxygens (including phenoxy) is 2. The number of aromatic nitrogens is 2. The number of nitrogens with zero attached hydrogens (tertiary/aromatic N) is 2. The molecule has 0 radical (unpaired) electrons. The molecule has 0 aliphatic carbocycles. The quantitative estimate of drug-likeness (QED) is 0.0310. The van der Waals surface area contributed by atoms with E-state index < -0.39 is 47.0 Å². The predicted octanol–water partition coefficient (Wildman–Crippen LogP) is 10.1. The zero-order valence-electron chi connectivity index (χ0n) is 39.0. The van der Waals surface area contributed by atoms with Crippen LogP contribution in [0.5, 0.6) is 34.5 Å². The van der Waals surface area contributed by atoms with Crippen LogP contribution in [0.4, 0.5) is 0 Å². The van der Waals surface area contributed by atoms with Crippen LogP contribution in [0.1, 0.15) is 84.0 Å². The Bertz CT molecular complexity index is 3150. The van der Waals surface area contributed by atoms with E-state index in [1.165, 1.54) is 26.6 Å². The number of carbonyl (C=O) groups is 2. The maximum absolute atomic E-state index is 13.3. The van der Waals surface area contributed by atoms with Crippen molar-refractivity contribution in [3.05, 3.63) is 118 Å². The fourth-order valence-corrected chi connectivity index (χ4v) is 9.64. The topological polar surface area (TPSA) is 230 Å². The van der Waals surface area contributed by atoms with E-state index in [2.05, 4.69) is 20.0 Å². The van der Waals surface area contributed by atoms with Crippen molar-refractivity contribution in [3.63, 3.8) is 0 Å². The lowest BCUT2D eigenvalue weighted by Gasteiger charge is -2.23. The highest BCUT2D eigenvalue weighted by Gasteiger charge is 2.31. The Labute approximate surface area is 391 Å². The highest BCUT2D eigenvalue weighted by atomic mass is 16.5. The average Bonchev–Trinajstić information content (AvgIpc) is 3.92. The first-order valence-corrected chi connectivity index (χ1v) is 22.3. The van der Waals surface area contributed by atoms with Gasteiger partial charge in [0.25, 0.3) is 0 Å². The number of aryl methyl sites for hydroxylation is 2. The average molecular weight is 919 g/mol. The lowest BCUT2D eigenvalue weighted by molar-refractivity contribution is -0.142. The number of hydrogen-bond donors (Lipinski definition) is 8. The number of aliphatic imine (C=N–C) groups is 2. The van der Waals surface area contributed by atoms with Crippen LogP contribution in [-0.2, 0) is 31.9 Å². The van der Waals surface area contributed by atoms with Gasteiger partial charge in [-0.25, -0.2) is 9.59 Å². The van der Waals surface area contributed by atoms with Gasteiger partial charge in [0.2, 0.25) is 0 Å². The standard InChI is InChI=1S/C54H54N4O10/c1-25(2)41-33-17-27(5)43(49(61)45(33)35(47(59)51(41)63)23-57-39(53(65)67-7)19-29-21-55-37-15-11-9-13-31(29)37)44-28(6)18-34-42(26(3)4)52(64)48(60)36(46(34)50(44)62)24-58-40(54(66)68-8)20-30-22-56-38-16-12-10-14-32(30)38/h9-18,21-26,39-40,55-56,59-64H,19-20H2,1-8H3/t39-,40-/m0/s1. The van der Waals surface area contributed by atoms with Crippen molar-refractivity contribution < 1.29 is 49.7 Å². The summed E-state index contributed by atoms with van der Waals surface area (Å²) in [6, 6.07) is 16.5. The number of nitrogens with one attached hydrogen (secondary N) is 2. The molecule has 6 aromatic carbocycles. The van der Waals surface area contributed by atoms with Crippen molar-refractivity contribution in [2.45, 2.75) is 78.3 Å². The Hall–Kier alpha value is -8.00. The second-order valence-corrected chi connectivity index (χ2v) is 17.8. The fourth-order valence-electron chi connectivity index (χ4n) is 9.64. The molecule has 0 bridgehead atoms. The molecule has 2 aromatic heterocycles. The van der Waals surface area contributed by atoms with Crippen molar-refractivity contribution in [1.29, 1.82) is 0 Å². The van der Waals surface area contributed by atoms with Gasteiger partial charge in [-0.1, -0.05) is 76.2 Å². The lowest BCUT2D eigenvalue weighted by atomic mass is 9.83. The molecule has 350 valence electrons. The Balaban J connectivity index is 1.35. The molecule has 0 amide bonds. The van der Waals surface area contributed by atoms with E-state index in [1.807, 2.05) is 76.2 Å². The summed E-state index contributed by atoms with van der Waals surface area (Å²) in [6.45, 7) is 10.8. The molecule has 8 aromatic rings. The minimum absolute atomic E-state index is 0.0827. The summed E-state index contributed by atoms with van der Waals surface area (Å²) in [6.07, 6.45) is 6.30. The molecule has 0 aliphatic heterocycles. The van der Waals surface area contributed by atoms with Gasteiger partial charge in [-0.3, -0.25) is 9.98 Å². The Morgan fingerprint density at radius 2 is 0.926 bits per heavy atom. The molecule has 0 aliphatic rings. The Morgan fingerprint density at radius 1 is 0.559 bits per heavy atom. The van der Waals surface area contributed by atoms with Gasteiger partial charge in [0.1, 0.15) is 11.5 Å². The molecule has 0 saturated carbocycles. The summed E-state index contributed by atoms with van der Waals surface area (Å²) >= 11 is 0. The number of fused-ring (bicyclic) bond motifs is 4. The van der Waals surface area contributed by atoms with Crippen molar-refractivity contribution in [1.82, 2.24) is 9.97 Å². The molecule has 8 rings (SSSR count). The molecule has 2 atom stereocenters. The van der Waals surface area contributed by atoms with Gasteiger partial charge in [-0.05, 0) is 70.8 Å². The molecule has 0 saturated heterocycles. The van der Waals surface area contributed by atoms with Crippen molar-refractivity contribution >= 4 is 67.7 Å². The number of carbonyl (C=O) groups excluding carboxylic acids is 2. The second kappa shape index (κ2) is 18.4. The molecule has 0 spiro atoms. The van der Waals surface area contributed by atoms with Gasteiger partial charge >= 0.3 is 11.9 Å². The molecular weight excluding hydrogens is 865 g/mol. The highest BCUT2D eigenvalue weighted by Crippen LogP contribution is 2.54. The number of aromatic amines is 2. The number of hydrogen-bond acceptors (Lipinski definition) is 12. The van der Waals surface area contributed by atoms with Gasteiger partial charge in [0.15, 0.2) is 35.1 Å². The Morgan fingerprint density at radius 3 is 1.28 bits per heavy atom. The van der Waals surface area contributed by atoms with E-state index in [9.17, 15) is 40.2 Å². The van der Waals surface area contributed by atoms with E-state index in [4.69, 9.17) is 9.47 Å². The van der Waals surface area contributed by atoms with Crippen LogP contribution >= 0.6 is 0 Å². The van der Waals surface area contributed by atoms with Crippen LogP contribution < -0.4 is 0 Å². The minimum atomic E-state index is -1.10. The van der Waals surface area contributed by atoms with Crippen LogP contribution in [0.25, 0.3) is 54.5 Å². The number of methoxy groups -OCH3 is 2. The molecule has 8 N–H and O–H groups in total. The first-order chi connectivity index (χ1) is 32.5. The summed E-state index contributed by atoms with van der Waals surface area (Å²) in [4.78, 5) is 42.2. The summed E-state index contributed by atoms with van der Waals surface area (Å²) in [5.41, 5.74) is 5.08. The van der Waals surface area contributed by atoms with Crippen LogP contribution in [0, 0.1) is 13.8 Å². The van der Waals surface area contributed by atoms with Crippen LogP contribution in [0.3, 0.4) is 0 Å².